The van der Waals surface area contributed by atoms with Crippen molar-refractivity contribution in [2.75, 3.05) is 26.4 Å². The minimum Gasteiger partial charge on any atom is -0.434 e. The molecule has 0 aliphatic rings. The van der Waals surface area contributed by atoms with E-state index in [1.54, 1.807) is 41.5 Å². The second-order valence-electron chi connectivity index (χ2n) is 7.74. The standard InChI is InChI=1S/C18H30O8/c1-17(2,3)13(19)7-9-23-15(21)25-11-12-26-16(22)24-10-8-14(20)18(4,5)6/h7-12H2,1-6H3. The van der Waals surface area contributed by atoms with E-state index in [-0.39, 0.29) is 50.8 Å². The van der Waals surface area contributed by atoms with Gasteiger partial charge in [0.1, 0.15) is 38.0 Å². The summed E-state index contributed by atoms with van der Waals surface area (Å²) in [5.41, 5.74) is -0.974. The van der Waals surface area contributed by atoms with Gasteiger partial charge in [0.05, 0.1) is 0 Å². The molecule has 0 aromatic rings. The molecule has 0 fully saturated rings. The topological polar surface area (TPSA) is 105 Å². The van der Waals surface area contributed by atoms with Gasteiger partial charge < -0.3 is 18.9 Å². The Hall–Kier alpha value is -2.12. The van der Waals surface area contributed by atoms with E-state index in [1.807, 2.05) is 0 Å². The molecule has 0 aliphatic carbocycles. The zero-order valence-corrected chi connectivity index (χ0v) is 16.5. The molecule has 0 atom stereocenters. The summed E-state index contributed by atoms with van der Waals surface area (Å²) >= 11 is 0. The molecular formula is C18H30O8. The lowest BCUT2D eigenvalue weighted by molar-refractivity contribution is -0.127. The first kappa shape index (κ1) is 23.9. The molecule has 0 bridgehead atoms. The van der Waals surface area contributed by atoms with Crippen LogP contribution in [-0.2, 0) is 28.5 Å². The molecular weight excluding hydrogens is 344 g/mol. The number of ether oxygens (including phenoxy) is 4. The van der Waals surface area contributed by atoms with Crippen LogP contribution < -0.4 is 0 Å². The molecule has 0 aromatic carbocycles. The fourth-order valence-electron chi connectivity index (χ4n) is 1.54. The average molecular weight is 374 g/mol. The van der Waals surface area contributed by atoms with E-state index in [0.29, 0.717) is 0 Å². The van der Waals surface area contributed by atoms with Gasteiger partial charge in [-0.05, 0) is 0 Å². The summed E-state index contributed by atoms with van der Waals surface area (Å²) in [4.78, 5) is 45.9. The molecule has 0 saturated carbocycles. The lowest BCUT2D eigenvalue weighted by Crippen LogP contribution is -2.23. The Morgan fingerprint density at radius 1 is 0.538 bits per heavy atom. The number of ketones is 2. The third-order valence-corrected chi connectivity index (χ3v) is 3.29. The molecule has 0 heterocycles. The average Bonchev–Trinajstić information content (AvgIpc) is 2.49. The van der Waals surface area contributed by atoms with Crippen molar-refractivity contribution in [1.29, 1.82) is 0 Å². The highest BCUT2D eigenvalue weighted by Crippen LogP contribution is 2.17. The number of carbonyl (C=O) groups excluding carboxylic acids is 4. The Balaban J connectivity index is 3.73. The molecule has 0 spiro atoms. The van der Waals surface area contributed by atoms with E-state index in [0.717, 1.165) is 0 Å². The molecule has 0 rings (SSSR count). The molecule has 26 heavy (non-hydrogen) atoms. The summed E-state index contributed by atoms with van der Waals surface area (Å²) in [6.07, 6.45) is -1.68. The monoisotopic (exact) mass is 374 g/mol. The van der Waals surface area contributed by atoms with Crippen molar-refractivity contribution in [3.63, 3.8) is 0 Å². The predicted molar refractivity (Wildman–Crippen MR) is 92.8 cm³/mol. The zero-order valence-electron chi connectivity index (χ0n) is 16.5. The molecule has 8 nitrogen and oxygen atoms in total. The molecule has 150 valence electrons. The highest BCUT2D eigenvalue weighted by molar-refractivity contribution is 5.84. The first-order valence-corrected chi connectivity index (χ1v) is 8.49. The van der Waals surface area contributed by atoms with Gasteiger partial charge in [-0.2, -0.15) is 0 Å². The Morgan fingerprint density at radius 2 is 0.808 bits per heavy atom. The van der Waals surface area contributed by atoms with E-state index < -0.39 is 23.1 Å². The Morgan fingerprint density at radius 3 is 1.08 bits per heavy atom. The highest BCUT2D eigenvalue weighted by atomic mass is 16.7. The maximum absolute atomic E-state index is 11.6. The fraction of sp³-hybridized carbons (Fsp3) is 0.778. The van der Waals surface area contributed by atoms with Crippen molar-refractivity contribution in [1.82, 2.24) is 0 Å². The highest BCUT2D eigenvalue weighted by Gasteiger charge is 2.22. The smallest absolute Gasteiger partial charge is 0.434 e. The van der Waals surface area contributed by atoms with E-state index >= 15 is 0 Å². The van der Waals surface area contributed by atoms with Gasteiger partial charge in [0.25, 0.3) is 0 Å². The van der Waals surface area contributed by atoms with E-state index in [4.69, 9.17) is 9.47 Å². The van der Waals surface area contributed by atoms with Crippen LogP contribution in [0.3, 0.4) is 0 Å². The van der Waals surface area contributed by atoms with Crippen LogP contribution in [0.1, 0.15) is 54.4 Å². The van der Waals surface area contributed by atoms with Gasteiger partial charge >= 0.3 is 12.3 Å². The van der Waals surface area contributed by atoms with Crippen LogP contribution in [0.15, 0.2) is 0 Å². The second-order valence-corrected chi connectivity index (χ2v) is 7.74. The van der Waals surface area contributed by atoms with Crippen molar-refractivity contribution in [3.05, 3.63) is 0 Å². The van der Waals surface area contributed by atoms with Crippen LogP contribution in [0.5, 0.6) is 0 Å². The molecule has 0 radical (unpaired) electrons. The molecule has 0 aliphatic heterocycles. The lowest BCUT2D eigenvalue weighted by atomic mass is 9.89. The molecule has 0 N–H and O–H groups in total. The van der Waals surface area contributed by atoms with Crippen molar-refractivity contribution in [3.8, 4) is 0 Å². The molecule has 8 heteroatoms. The number of hydrogen-bond donors (Lipinski definition) is 0. The van der Waals surface area contributed by atoms with Crippen LogP contribution in [-0.4, -0.2) is 50.3 Å². The minimum absolute atomic E-state index is 0.0266. The van der Waals surface area contributed by atoms with E-state index in [2.05, 4.69) is 9.47 Å². The normalized spacial score (nSPS) is 11.5. The van der Waals surface area contributed by atoms with Gasteiger partial charge in [-0.25, -0.2) is 9.59 Å². The van der Waals surface area contributed by atoms with E-state index in [1.165, 1.54) is 0 Å². The van der Waals surface area contributed by atoms with Crippen LogP contribution in [0.4, 0.5) is 9.59 Å². The van der Waals surface area contributed by atoms with Gasteiger partial charge in [0.2, 0.25) is 0 Å². The largest absolute Gasteiger partial charge is 0.508 e. The summed E-state index contributed by atoms with van der Waals surface area (Å²) in [6, 6.07) is 0. The van der Waals surface area contributed by atoms with Crippen LogP contribution >= 0.6 is 0 Å². The number of Topliss-reactive ketones (excluding diaryl/α,β-unsaturated/α-hetero) is 2. The zero-order chi connectivity index (χ0) is 20.4. The predicted octanol–water partition coefficient (Wildman–Crippen LogP) is 3.30. The summed E-state index contributed by atoms with van der Waals surface area (Å²) in [5, 5.41) is 0. The van der Waals surface area contributed by atoms with Crippen molar-refractivity contribution in [2.24, 2.45) is 10.8 Å². The van der Waals surface area contributed by atoms with Crippen LogP contribution in [0, 0.1) is 10.8 Å². The van der Waals surface area contributed by atoms with Crippen molar-refractivity contribution >= 4 is 23.9 Å². The lowest BCUT2D eigenvalue weighted by Gasteiger charge is -2.16. The third kappa shape index (κ3) is 11.4. The maximum atomic E-state index is 11.6. The van der Waals surface area contributed by atoms with Gasteiger partial charge in [-0.1, -0.05) is 41.5 Å². The maximum Gasteiger partial charge on any atom is 0.508 e. The van der Waals surface area contributed by atoms with Crippen molar-refractivity contribution in [2.45, 2.75) is 54.4 Å². The summed E-state index contributed by atoms with van der Waals surface area (Å²) in [5.74, 6) is -0.0531. The first-order valence-electron chi connectivity index (χ1n) is 8.49. The Kier molecular flexibility index (Phi) is 9.90. The number of hydrogen-bond acceptors (Lipinski definition) is 8. The molecule has 0 aromatic heterocycles. The van der Waals surface area contributed by atoms with E-state index in [9.17, 15) is 19.2 Å². The minimum atomic E-state index is -0.945. The Labute approximate surface area is 154 Å². The summed E-state index contributed by atoms with van der Waals surface area (Å²) in [7, 11) is 0. The first-order chi connectivity index (χ1) is 11.8. The summed E-state index contributed by atoms with van der Waals surface area (Å²) < 4.78 is 18.9. The SMILES string of the molecule is CC(C)(C)C(=O)CCOC(=O)OCCOC(=O)OCCC(=O)C(C)(C)C. The van der Waals surface area contributed by atoms with Gasteiger partial charge in [-0.15, -0.1) is 0 Å². The quantitative estimate of drug-likeness (QED) is 0.447. The van der Waals surface area contributed by atoms with Crippen LogP contribution in [0.25, 0.3) is 0 Å². The number of rotatable bonds is 9. The van der Waals surface area contributed by atoms with Crippen molar-refractivity contribution < 1.29 is 38.1 Å². The van der Waals surface area contributed by atoms with Gasteiger partial charge in [0, 0.05) is 23.7 Å². The summed E-state index contributed by atoms with van der Waals surface area (Å²) in [6.45, 7) is 10.1. The molecule has 0 saturated heterocycles. The Bertz CT molecular complexity index is 450. The molecule has 0 amide bonds. The second kappa shape index (κ2) is 10.8. The molecule has 0 unspecified atom stereocenters. The number of carbonyl (C=O) groups is 4. The van der Waals surface area contributed by atoms with Crippen LogP contribution in [0.2, 0.25) is 0 Å². The fourth-order valence-corrected chi connectivity index (χ4v) is 1.54. The third-order valence-electron chi connectivity index (χ3n) is 3.29. The van der Waals surface area contributed by atoms with Gasteiger partial charge in [-0.3, -0.25) is 9.59 Å². The van der Waals surface area contributed by atoms with Gasteiger partial charge in [0.15, 0.2) is 0 Å².